The van der Waals surface area contributed by atoms with E-state index in [9.17, 15) is 40.8 Å². The van der Waals surface area contributed by atoms with Crippen LogP contribution in [0, 0.1) is 13.8 Å². The number of aryl methyl sites for hydroxylation is 2. The number of likely N-dealkylation sites (N-methyl/N-ethyl adjacent to an activating group) is 1. The fourth-order valence-electron chi connectivity index (χ4n) is 14.1. The zero-order valence-electron chi connectivity index (χ0n) is 67.5. The predicted octanol–water partition coefficient (Wildman–Crippen LogP) is 16.1. The molecule has 119 heavy (non-hydrogen) atoms. The van der Waals surface area contributed by atoms with Crippen molar-refractivity contribution in [2.24, 2.45) is 4.99 Å². The zero-order chi connectivity index (χ0) is 84.7. The number of hydrogen-bond acceptors (Lipinski definition) is 19. The molecule has 6 aromatic heterocycles. The molecule has 1 aliphatic heterocycles. The summed E-state index contributed by atoms with van der Waals surface area (Å²) in [5, 5.41) is 4.91. The number of aromatic amines is 1. The Kier molecular flexibility index (Phi) is 24.5. The third-order valence-corrected chi connectivity index (χ3v) is 23.8. The van der Waals surface area contributed by atoms with Gasteiger partial charge in [-0.2, -0.15) is 4.99 Å². The zero-order valence-corrected chi connectivity index (χ0v) is 69.2. The van der Waals surface area contributed by atoms with Crippen LogP contribution < -0.4 is 25.3 Å². The minimum Gasteiger partial charge on any atom is -0.496 e. The summed E-state index contributed by atoms with van der Waals surface area (Å²) < 4.78 is 79.9. The molecule has 15 rings (SSSR count). The highest BCUT2D eigenvalue weighted by atomic mass is 32.2. The molecule has 28 heteroatoms. The molecule has 1 fully saturated rings. The molecule has 0 saturated carbocycles. The van der Waals surface area contributed by atoms with Crippen molar-refractivity contribution < 1.29 is 59.8 Å². The Balaban J connectivity index is 0.000000155. The molecule has 8 aromatic carbocycles. The van der Waals surface area contributed by atoms with Gasteiger partial charge in [0.05, 0.1) is 59.2 Å². The fourth-order valence-corrected chi connectivity index (χ4v) is 16.7. The maximum atomic E-state index is 13.8. The van der Waals surface area contributed by atoms with Crippen LogP contribution in [0.25, 0.3) is 99.9 Å². The lowest BCUT2D eigenvalue weighted by atomic mass is 9.99. The van der Waals surface area contributed by atoms with Crippen LogP contribution in [0.1, 0.15) is 55.5 Å². The monoisotopic (exact) mass is 1630 g/mol. The number of anilines is 2. The number of methoxy groups -OCH3 is 3. The van der Waals surface area contributed by atoms with Gasteiger partial charge in [0.25, 0.3) is 37.8 Å². The lowest BCUT2D eigenvalue weighted by Gasteiger charge is -2.18. The van der Waals surface area contributed by atoms with Gasteiger partial charge in [0.15, 0.2) is 11.3 Å². The number of nitrogens with two attached hydrogens (primary N) is 1. The first-order valence-electron chi connectivity index (χ1n) is 37.8. The molecule has 1 atom stereocenters. The minimum atomic E-state index is -3.99. The number of para-hydroxylation sites is 3. The number of nitrogens with zero attached hydrogens (tertiary/aromatic N) is 10. The standard InChI is InChI=1S/C31H26N4O5S.C30H33N5O4.C30H28N4O4S/c1-20-9-12-23(13-10-20)41(38,39)35-18-27(24-7-5-6-8-29(24)40-4)25-16-22(17-32-30(25)35)21-11-14-28(33-19-36)26(15-21)31(37)34(2)3;1-5-35-13-12-21(18-35)39-30(37)33-26-11-10-19(14-24(26)29(36)34(2)3)20-15-23-25(17-32-28(23)31-16-20)22-8-6-7-9-27(22)38-4;1-19-9-12-22(13-10-19)39(36,37)34-18-26(23-7-5-6-8-28(23)38-4)24-16-21(17-32-29(24)34)20-11-14-27(31)25(15-20)30(35)33(2)3/h5-18H,1-4H3;6-11,14-17,21H,5,12-13,18H2,1-4H3,(H,31,32)(H,33,37);5-18H,31H2,1-4H3. The van der Waals surface area contributed by atoms with Crippen molar-refractivity contribution in [1.82, 2.24) is 47.5 Å². The maximum absolute atomic E-state index is 13.8. The molecule has 4 N–H and O–H groups in total. The van der Waals surface area contributed by atoms with Gasteiger partial charge in [-0.3, -0.25) is 24.6 Å². The first-order valence-corrected chi connectivity index (χ1v) is 40.7. The van der Waals surface area contributed by atoms with E-state index in [4.69, 9.17) is 24.7 Å². The molecule has 26 nitrogen and oxygen atoms in total. The van der Waals surface area contributed by atoms with E-state index in [-0.39, 0.29) is 56.2 Å². The van der Waals surface area contributed by atoms with Crippen molar-refractivity contribution in [2.75, 3.05) is 94.3 Å². The van der Waals surface area contributed by atoms with Crippen molar-refractivity contribution in [3.63, 3.8) is 0 Å². The van der Waals surface area contributed by atoms with E-state index in [2.05, 4.69) is 42.1 Å². The van der Waals surface area contributed by atoms with Crippen LogP contribution >= 0.6 is 0 Å². The number of nitrogens with one attached hydrogen (secondary N) is 2. The Morgan fingerprint density at radius 2 is 0.950 bits per heavy atom. The highest BCUT2D eigenvalue weighted by molar-refractivity contribution is 7.90. The van der Waals surface area contributed by atoms with Gasteiger partial charge in [-0.05, 0) is 141 Å². The van der Waals surface area contributed by atoms with Crippen LogP contribution in [-0.4, -0.2) is 184 Å². The van der Waals surface area contributed by atoms with Crippen molar-refractivity contribution in [3.8, 4) is 84.0 Å². The Morgan fingerprint density at radius 1 is 0.521 bits per heavy atom. The van der Waals surface area contributed by atoms with Crippen molar-refractivity contribution in [2.45, 2.75) is 43.1 Å². The largest absolute Gasteiger partial charge is 0.496 e. The average Bonchev–Trinajstić information content (AvgIpc) is 1.58. The fraction of sp³-hybridized carbons (Fsp3) is 0.187. The van der Waals surface area contributed by atoms with E-state index in [1.807, 2.05) is 117 Å². The topological polar surface area (TPSA) is 318 Å². The summed E-state index contributed by atoms with van der Waals surface area (Å²) in [5.74, 6) is 1.16. The highest BCUT2D eigenvalue weighted by Crippen LogP contribution is 2.43. The molecule has 606 valence electrons. The summed E-state index contributed by atoms with van der Waals surface area (Å²) in [6, 6.07) is 57.2. The number of benzene rings is 8. The van der Waals surface area contributed by atoms with E-state index in [0.717, 1.165) is 87.3 Å². The van der Waals surface area contributed by atoms with Crippen molar-refractivity contribution >= 4 is 100 Å². The Labute approximate surface area is 688 Å². The van der Waals surface area contributed by atoms with Gasteiger partial charge in [-0.25, -0.2) is 49.3 Å². The van der Waals surface area contributed by atoms with Crippen LogP contribution in [-0.2, 0) is 29.6 Å². The Hall–Kier alpha value is -14.1. The number of carbonyl (C=O) groups excluding carboxylic acids is 5. The van der Waals surface area contributed by atoms with Crippen molar-refractivity contribution in [1.29, 1.82) is 0 Å². The number of H-pyrrole nitrogens is 1. The van der Waals surface area contributed by atoms with Gasteiger partial charge in [0, 0.05) is 164 Å². The van der Waals surface area contributed by atoms with Gasteiger partial charge in [-0.15, -0.1) is 0 Å². The number of rotatable bonds is 20. The molecule has 0 aliphatic carbocycles. The summed E-state index contributed by atoms with van der Waals surface area (Å²) in [5.41, 5.74) is 20.1. The van der Waals surface area contributed by atoms with Crippen LogP contribution in [0.15, 0.2) is 246 Å². The van der Waals surface area contributed by atoms with E-state index in [1.165, 1.54) is 28.7 Å². The van der Waals surface area contributed by atoms with E-state index >= 15 is 0 Å². The number of pyridine rings is 3. The molecule has 1 unspecified atom stereocenters. The minimum absolute atomic E-state index is 0.135. The second-order valence-electron chi connectivity index (χ2n) is 28.9. The number of isocyanates is 1. The summed E-state index contributed by atoms with van der Waals surface area (Å²) in [6.07, 6.45) is 11.6. The molecular weight excluding hydrogens is 1550 g/mol. The van der Waals surface area contributed by atoms with Gasteiger partial charge in [0.1, 0.15) is 29.0 Å². The number of ether oxygens (including phenoxy) is 4. The molecule has 0 spiro atoms. The van der Waals surface area contributed by atoms with Gasteiger partial charge < -0.3 is 44.4 Å². The van der Waals surface area contributed by atoms with Gasteiger partial charge in [0.2, 0.25) is 6.08 Å². The van der Waals surface area contributed by atoms with E-state index in [1.54, 1.807) is 192 Å². The number of nitrogen functional groups attached to an aromatic ring is 1. The molecule has 1 aliphatic rings. The van der Waals surface area contributed by atoms with Crippen LogP contribution in [0.5, 0.6) is 17.2 Å². The first kappa shape index (κ1) is 82.9. The first-order chi connectivity index (χ1) is 57.1. The molecule has 0 radical (unpaired) electrons. The molecule has 7 heterocycles. The van der Waals surface area contributed by atoms with Crippen LogP contribution in [0.3, 0.4) is 0 Å². The lowest BCUT2D eigenvalue weighted by Crippen LogP contribution is -2.28. The third kappa shape index (κ3) is 17.3. The number of aliphatic imine (C=N–C) groups is 1. The smallest absolute Gasteiger partial charge is 0.411 e. The summed E-state index contributed by atoms with van der Waals surface area (Å²) in [7, 11) is 6.74. The number of hydrogen-bond donors (Lipinski definition) is 3. The molecular formula is C91H87N13O13S2. The molecule has 1 saturated heterocycles. The number of likely N-dealkylation sites (tertiary alicyclic amines) is 1. The SMILES string of the molecule is CCN1CCC(OC(=O)Nc2ccc(-c3cnc4[nH]cc(-c5ccccc5OC)c4c3)cc2C(=O)N(C)C)C1.COc1ccccc1-c1cn(S(=O)(=O)c2ccc(C)cc2)c2ncc(-c3ccc(N)c(C(=O)N(C)C)c3)cc12.COc1ccccc1-c1cn(S(=O)(=O)c2ccc(C)cc2)c2ncc(-c3ccc(N=C=O)c(C(=O)N(C)C)c3)cc12. The Bertz CT molecular complexity index is 6530. The molecule has 4 amide bonds. The van der Waals surface area contributed by atoms with E-state index < -0.39 is 26.1 Å². The number of amides is 4. The maximum Gasteiger partial charge on any atom is 0.411 e. The highest BCUT2D eigenvalue weighted by Gasteiger charge is 2.30. The predicted molar refractivity (Wildman–Crippen MR) is 462 cm³/mol. The van der Waals surface area contributed by atoms with Crippen molar-refractivity contribution in [3.05, 3.63) is 259 Å². The van der Waals surface area contributed by atoms with E-state index in [0.29, 0.717) is 78.2 Å². The summed E-state index contributed by atoms with van der Waals surface area (Å²) in [6.45, 7) is 8.43. The average molecular weight is 1630 g/mol. The molecule has 0 bridgehead atoms. The molecule has 14 aromatic rings. The second kappa shape index (κ2) is 35.2. The third-order valence-electron chi connectivity index (χ3n) is 20.4. The second-order valence-corrected chi connectivity index (χ2v) is 32.5. The summed E-state index contributed by atoms with van der Waals surface area (Å²) in [4.78, 5) is 90.0. The number of carbonyl (C=O) groups is 4. The number of aromatic nitrogens is 6. The lowest BCUT2D eigenvalue weighted by molar-refractivity contribution is 0.0821. The summed E-state index contributed by atoms with van der Waals surface area (Å²) >= 11 is 0. The number of fused-ring (bicyclic) bond motifs is 3. The van der Waals surface area contributed by atoms with Gasteiger partial charge in [-0.1, -0.05) is 115 Å². The quantitative estimate of drug-likeness (QED) is 0.0362. The van der Waals surface area contributed by atoms with Crippen LogP contribution in [0.4, 0.5) is 21.9 Å². The van der Waals surface area contributed by atoms with Crippen LogP contribution in [0.2, 0.25) is 0 Å². The normalized spacial score (nSPS) is 12.7. The Morgan fingerprint density at radius 3 is 1.42 bits per heavy atom. The van der Waals surface area contributed by atoms with Gasteiger partial charge >= 0.3 is 6.09 Å².